The number of amides is 3. The number of carbonyl (C=O) groups is 3. The van der Waals surface area contributed by atoms with Crippen molar-refractivity contribution in [2.75, 3.05) is 12.3 Å². The quantitative estimate of drug-likeness (QED) is 0.317. The topological polar surface area (TPSA) is 132 Å². The zero-order valence-electron chi connectivity index (χ0n) is 20.8. The first kappa shape index (κ1) is 28.3. The third-order valence-electron chi connectivity index (χ3n) is 5.74. The first-order valence-electron chi connectivity index (χ1n) is 11.8. The minimum Gasteiger partial charge on any atom is -0.508 e. The van der Waals surface area contributed by atoms with Crippen molar-refractivity contribution in [1.82, 2.24) is 15.5 Å². The van der Waals surface area contributed by atoms with E-state index >= 15 is 0 Å². The normalized spacial score (nSPS) is 15.9. The highest BCUT2D eigenvalue weighted by molar-refractivity contribution is 7.80. The van der Waals surface area contributed by atoms with Gasteiger partial charge in [-0.3, -0.25) is 9.59 Å². The van der Waals surface area contributed by atoms with Gasteiger partial charge >= 0.3 is 6.09 Å². The number of hydrogen-bond acceptors (Lipinski definition) is 7. The lowest BCUT2D eigenvalue weighted by molar-refractivity contribution is -0.141. The highest BCUT2D eigenvalue weighted by atomic mass is 32.1. The summed E-state index contributed by atoms with van der Waals surface area (Å²) in [4.78, 5) is 40.6. The summed E-state index contributed by atoms with van der Waals surface area (Å²) in [5, 5.41) is 25.1. The van der Waals surface area contributed by atoms with Crippen LogP contribution in [0.4, 0.5) is 4.79 Å². The maximum Gasteiger partial charge on any atom is 0.408 e. The molecule has 2 rings (SSSR count). The third kappa shape index (κ3) is 8.35. The van der Waals surface area contributed by atoms with Crippen molar-refractivity contribution in [2.45, 2.75) is 83.5 Å². The molecular weight excluding hydrogens is 468 g/mol. The second-order valence-electron chi connectivity index (χ2n) is 9.80. The van der Waals surface area contributed by atoms with Crippen LogP contribution < -0.4 is 10.6 Å². The summed E-state index contributed by atoms with van der Waals surface area (Å²) in [5.41, 5.74) is 0.208. The van der Waals surface area contributed by atoms with Crippen LogP contribution in [0, 0.1) is 18.3 Å². The molecule has 192 valence electrons. The van der Waals surface area contributed by atoms with Gasteiger partial charge in [-0.15, -0.1) is 0 Å². The molecule has 1 fully saturated rings. The Bertz CT molecular complexity index is 950. The molecular formula is C25H36N4O5S. The maximum atomic E-state index is 13.6. The molecule has 0 aliphatic heterocycles. The van der Waals surface area contributed by atoms with E-state index in [0.717, 1.165) is 37.0 Å². The number of benzene rings is 1. The molecule has 2 atom stereocenters. The number of nitrogens with one attached hydrogen (secondary N) is 2. The Morgan fingerprint density at radius 3 is 2.46 bits per heavy atom. The Hall–Kier alpha value is -2.93. The summed E-state index contributed by atoms with van der Waals surface area (Å²) >= 11 is 4.21. The van der Waals surface area contributed by atoms with Gasteiger partial charge in [0.25, 0.3) is 0 Å². The van der Waals surface area contributed by atoms with Crippen molar-refractivity contribution in [3.63, 3.8) is 0 Å². The average molecular weight is 505 g/mol. The van der Waals surface area contributed by atoms with Crippen molar-refractivity contribution in [1.29, 1.82) is 5.26 Å². The molecule has 3 amide bonds. The SMILES string of the molecule is Cc1cc(C(C(=O)NC2CCCCC2)N(CC#N)C(=O)C(CS)NC(=O)OC(C)(C)C)ccc1O. The lowest BCUT2D eigenvalue weighted by Crippen LogP contribution is -2.54. The fourth-order valence-corrected chi connectivity index (χ4v) is 4.30. The molecule has 3 N–H and O–H groups in total. The summed E-state index contributed by atoms with van der Waals surface area (Å²) in [6.45, 7) is 6.40. The maximum absolute atomic E-state index is 13.6. The smallest absolute Gasteiger partial charge is 0.408 e. The second kappa shape index (κ2) is 12.7. The summed E-state index contributed by atoms with van der Waals surface area (Å²) in [6.07, 6.45) is 4.03. The molecule has 10 heteroatoms. The number of phenolic OH excluding ortho intramolecular Hbond substituents is 1. The fraction of sp³-hybridized carbons (Fsp3) is 0.600. The monoisotopic (exact) mass is 504 g/mol. The number of ether oxygens (including phenoxy) is 1. The van der Waals surface area contributed by atoms with E-state index in [-0.39, 0.29) is 24.1 Å². The summed E-state index contributed by atoms with van der Waals surface area (Å²) in [6, 6.07) is 4.32. The van der Waals surface area contributed by atoms with Gasteiger partial charge < -0.3 is 25.4 Å². The van der Waals surface area contributed by atoms with E-state index in [2.05, 4.69) is 23.3 Å². The standard InChI is InChI=1S/C25H36N4O5S/c1-16-14-17(10-11-20(16)30)21(22(31)27-18-8-6-5-7-9-18)29(13-12-26)23(32)19(15-35)28-24(33)34-25(2,3)4/h10-11,14,18-19,21,30,35H,5-9,13,15H2,1-4H3,(H,27,31)(H,28,33). The van der Waals surface area contributed by atoms with Crippen LogP contribution in [-0.4, -0.2) is 57.9 Å². The number of aryl methyl sites for hydroxylation is 1. The molecule has 0 radical (unpaired) electrons. The van der Waals surface area contributed by atoms with Crippen LogP contribution in [-0.2, 0) is 14.3 Å². The van der Waals surface area contributed by atoms with Crippen molar-refractivity contribution >= 4 is 30.5 Å². The number of hydrogen-bond donors (Lipinski definition) is 4. The lowest BCUT2D eigenvalue weighted by atomic mass is 9.94. The molecule has 0 bridgehead atoms. The predicted octanol–water partition coefficient (Wildman–Crippen LogP) is 3.37. The molecule has 1 saturated carbocycles. The molecule has 1 aliphatic carbocycles. The molecule has 1 aromatic carbocycles. The highest BCUT2D eigenvalue weighted by Gasteiger charge is 2.36. The Labute approximate surface area is 212 Å². The minimum atomic E-state index is -1.13. The zero-order chi connectivity index (χ0) is 26.2. The number of carbonyl (C=O) groups excluding carboxylic acids is 3. The number of rotatable bonds is 8. The van der Waals surface area contributed by atoms with Gasteiger partial charge in [0.2, 0.25) is 11.8 Å². The van der Waals surface area contributed by atoms with Gasteiger partial charge in [0.1, 0.15) is 30.0 Å². The van der Waals surface area contributed by atoms with E-state index in [9.17, 15) is 24.8 Å². The first-order valence-corrected chi connectivity index (χ1v) is 12.5. The number of aromatic hydroxyl groups is 1. The molecule has 0 saturated heterocycles. The van der Waals surface area contributed by atoms with E-state index in [1.54, 1.807) is 39.8 Å². The van der Waals surface area contributed by atoms with Gasteiger partial charge in [0, 0.05) is 11.8 Å². The number of nitriles is 1. The van der Waals surface area contributed by atoms with Crippen molar-refractivity contribution in [2.24, 2.45) is 0 Å². The van der Waals surface area contributed by atoms with Crippen molar-refractivity contribution in [3.8, 4) is 11.8 Å². The van der Waals surface area contributed by atoms with E-state index in [0.29, 0.717) is 11.1 Å². The van der Waals surface area contributed by atoms with Crippen molar-refractivity contribution in [3.05, 3.63) is 29.3 Å². The summed E-state index contributed by atoms with van der Waals surface area (Å²) in [5.74, 6) is -1.06. The van der Waals surface area contributed by atoms with Gasteiger partial charge in [-0.05, 0) is 63.8 Å². The molecule has 35 heavy (non-hydrogen) atoms. The van der Waals surface area contributed by atoms with Crippen molar-refractivity contribution < 1.29 is 24.2 Å². The van der Waals surface area contributed by atoms with E-state index in [4.69, 9.17) is 4.74 Å². The van der Waals surface area contributed by atoms with Crippen LogP contribution in [0.5, 0.6) is 5.75 Å². The van der Waals surface area contributed by atoms with E-state index in [1.165, 1.54) is 6.07 Å². The minimum absolute atomic E-state index is 0.0171. The third-order valence-corrected chi connectivity index (χ3v) is 6.11. The molecule has 1 aromatic rings. The van der Waals surface area contributed by atoms with E-state index in [1.807, 2.05) is 6.07 Å². The lowest BCUT2D eigenvalue weighted by Gasteiger charge is -2.34. The molecule has 0 heterocycles. The van der Waals surface area contributed by atoms with Crippen LogP contribution in [0.1, 0.15) is 70.0 Å². The Kier molecular flexibility index (Phi) is 10.3. The van der Waals surface area contributed by atoms with Gasteiger partial charge in [-0.2, -0.15) is 17.9 Å². The molecule has 9 nitrogen and oxygen atoms in total. The van der Waals surface area contributed by atoms with Crippen LogP contribution in [0.2, 0.25) is 0 Å². The molecule has 1 aliphatic rings. The summed E-state index contributed by atoms with van der Waals surface area (Å²) in [7, 11) is 0. The molecule has 2 unspecified atom stereocenters. The Morgan fingerprint density at radius 1 is 1.26 bits per heavy atom. The van der Waals surface area contributed by atoms with Crippen LogP contribution >= 0.6 is 12.6 Å². The highest BCUT2D eigenvalue weighted by Crippen LogP contribution is 2.28. The van der Waals surface area contributed by atoms with Crippen LogP contribution in [0.15, 0.2) is 18.2 Å². The fourth-order valence-electron chi connectivity index (χ4n) is 4.06. The summed E-state index contributed by atoms with van der Waals surface area (Å²) < 4.78 is 5.26. The number of nitrogens with zero attached hydrogens (tertiary/aromatic N) is 2. The second-order valence-corrected chi connectivity index (χ2v) is 10.2. The largest absolute Gasteiger partial charge is 0.508 e. The van der Waals surface area contributed by atoms with Gasteiger partial charge in [0.05, 0.1) is 6.07 Å². The first-order chi connectivity index (χ1) is 16.5. The van der Waals surface area contributed by atoms with Gasteiger partial charge in [0.15, 0.2) is 0 Å². The van der Waals surface area contributed by atoms with Gasteiger partial charge in [-0.25, -0.2) is 4.79 Å². The Balaban J connectivity index is 2.40. The Morgan fingerprint density at radius 2 is 1.91 bits per heavy atom. The number of thiol groups is 1. The molecule has 0 aromatic heterocycles. The van der Waals surface area contributed by atoms with E-state index < -0.39 is 35.6 Å². The zero-order valence-corrected chi connectivity index (χ0v) is 21.7. The van der Waals surface area contributed by atoms with Crippen LogP contribution in [0.25, 0.3) is 0 Å². The van der Waals surface area contributed by atoms with Gasteiger partial charge in [-0.1, -0.05) is 25.3 Å². The number of phenols is 1. The van der Waals surface area contributed by atoms with Crippen LogP contribution in [0.3, 0.4) is 0 Å². The molecule has 0 spiro atoms. The number of alkyl carbamates (subject to hydrolysis) is 1. The average Bonchev–Trinajstić information content (AvgIpc) is 2.78. The predicted molar refractivity (Wildman–Crippen MR) is 135 cm³/mol.